The van der Waals surface area contributed by atoms with Gasteiger partial charge in [0.05, 0.1) is 0 Å². The summed E-state index contributed by atoms with van der Waals surface area (Å²) in [7, 11) is 0. The summed E-state index contributed by atoms with van der Waals surface area (Å²) < 4.78 is 0. The fourth-order valence-electron chi connectivity index (χ4n) is 2.40. The normalized spacial score (nSPS) is 29.4. The number of nitrogens with one attached hydrogen (secondary N) is 1. The van der Waals surface area contributed by atoms with E-state index in [-0.39, 0.29) is 0 Å². The third-order valence-corrected chi connectivity index (χ3v) is 3.30. The fourth-order valence-corrected chi connectivity index (χ4v) is 2.40. The Morgan fingerprint density at radius 3 is 3.00 bits per heavy atom. The van der Waals surface area contributed by atoms with Crippen LogP contribution in [-0.2, 0) is 0 Å². The highest BCUT2D eigenvalue weighted by atomic mass is 14.9. The molecule has 1 saturated heterocycles. The van der Waals surface area contributed by atoms with Gasteiger partial charge in [0.15, 0.2) is 0 Å². The van der Waals surface area contributed by atoms with Crippen molar-refractivity contribution in [2.45, 2.75) is 6.92 Å². The van der Waals surface area contributed by atoms with Gasteiger partial charge in [-0.25, -0.2) is 0 Å². The molecule has 0 spiro atoms. The van der Waals surface area contributed by atoms with Gasteiger partial charge >= 0.3 is 0 Å². The van der Waals surface area contributed by atoms with Crippen LogP contribution < -0.4 is 5.32 Å². The lowest BCUT2D eigenvalue weighted by atomic mass is 9.74. The summed E-state index contributed by atoms with van der Waals surface area (Å²) in [5.74, 6) is 1.53. The molecule has 2 nitrogen and oxygen atoms in total. The molecule has 2 atom stereocenters. The van der Waals surface area contributed by atoms with Crippen LogP contribution in [0.25, 0.3) is 5.57 Å². The van der Waals surface area contributed by atoms with Gasteiger partial charge in [-0.15, -0.1) is 0 Å². The Kier molecular flexibility index (Phi) is 1.71. The Hall–Kier alpha value is -1.15. The molecule has 3 rings (SSSR count). The van der Waals surface area contributed by atoms with Crippen LogP contribution in [0, 0.1) is 18.8 Å². The lowest BCUT2D eigenvalue weighted by Gasteiger charge is -2.29. The van der Waals surface area contributed by atoms with Gasteiger partial charge in [0.2, 0.25) is 0 Å². The molecule has 14 heavy (non-hydrogen) atoms. The van der Waals surface area contributed by atoms with Crippen molar-refractivity contribution in [3.05, 3.63) is 35.7 Å². The molecule has 2 unspecified atom stereocenters. The zero-order valence-electron chi connectivity index (χ0n) is 8.33. The first-order valence-electron chi connectivity index (χ1n) is 5.20. The van der Waals surface area contributed by atoms with E-state index in [0.717, 1.165) is 30.6 Å². The molecule has 1 aromatic rings. The second-order valence-corrected chi connectivity index (χ2v) is 4.24. The van der Waals surface area contributed by atoms with Crippen LogP contribution in [0.15, 0.2) is 24.4 Å². The van der Waals surface area contributed by atoms with E-state index in [2.05, 4.69) is 28.5 Å². The van der Waals surface area contributed by atoms with Crippen molar-refractivity contribution in [1.82, 2.24) is 10.3 Å². The van der Waals surface area contributed by atoms with Crippen LogP contribution in [0.3, 0.4) is 0 Å². The zero-order chi connectivity index (χ0) is 9.54. The van der Waals surface area contributed by atoms with Gasteiger partial charge in [-0.3, -0.25) is 4.98 Å². The Morgan fingerprint density at radius 1 is 1.36 bits per heavy atom. The molecule has 1 aliphatic carbocycles. The summed E-state index contributed by atoms with van der Waals surface area (Å²) in [6.45, 7) is 4.33. The minimum atomic E-state index is 0.750. The third kappa shape index (κ3) is 1.11. The van der Waals surface area contributed by atoms with E-state index in [1.54, 1.807) is 0 Å². The van der Waals surface area contributed by atoms with Crippen molar-refractivity contribution < 1.29 is 0 Å². The molecule has 2 heterocycles. The van der Waals surface area contributed by atoms with E-state index in [0.29, 0.717) is 0 Å². The number of fused-ring (bicyclic) bond motifs is 1. The van der Waals surface area contributed by atoms with E-state index in [9.17, 15) is 0 Å². The fraction of sp³-hybridized carbons (Fsp3) is 0.417. The Balaban J connectivity index is 1.90. The number of nitrogens with zero attached hydrogens (tertiary/aromatic N) is 1. The Labute approximate surface area is 84.1 Å². The van der Waals surface area contributed by atoms with Crippen molar-refractivity contribution in [2.24, 2.45) is 11.8 Å². The number of pyridine rings is 1. The molecule has 1 aromatic heterocycles. The molecule has 2 heteroatoms. The highest BCUT2D eigenvalue weighted by Crippen LogP contribution is 2.41. The molecule has 72 valence electrons. The number of hydrogen-bond donors (Lipinski definition) is 1. The maximum Gasteiger partial charge on any atom is 0.0373 e. The maximum absolute atomic E-state index is 4.33. The summed E-state index contributed by atoms with van der Waals surface area (Å²) in [5, 5.41) is 3.42. The average Bonchev–Trinajstić information content (AvgIpc) is 2.52. The highest BCUT2D eigenvalue weighted by Gasteiger charge is 2.36. The van der Waals surface area contributed by atoms with Crippen molar-refractivity contribution in [3.63, 3.8) is 0 Å². The quantitative estimate of drug-likeness (QED) is 0.721. The average molecular weight is 186 g/mol. The predicted octanol–water partition coefficient (Wildman–Crippen LogP) is 1.62. The van der Waals surface area contributed by atoms with Crippen LogP contribution in [0.2, 0.25) is 0 Å². The van der Waals surface area contributed by atoms with Gasteiger partial charge in [-0.2, -0.15) is 0 Å². The molecular weight excluding hydrogens is 172 g/mol. The van der Waals surface area contributed by atoms with E-state index in [4.69, 9.17) is 0 Å². The van der Waals surface area contributed by atoms with E-state index in [1.807, 2.05) is 13.1 Å². The molecule has 0 amide bonds. The van der Waals surface area contributed by atoms with E-state index < -0.39 is 0 Å². The van der Waals surface area contributed by atoms with Crippen LogP contribution in [0.1, 0.15) is 11.3 Å². The van der Waals surface area contributed by atoms with Gasteiger partial charge in [0.1, 0.15) is 0 Å². The van der Waals surface area contributed by atoms with Crippen molar-refractivity contribution >= 4 is 5.57 Å². The second-order valence-electron chi connectivity index (χ2n) is 4.24. The van der Waals surface area contributed by atoms with Crippen LogP contribution in [0.5, 0.6) is 0 Å². The topological polar surface area (TPSA) is 24.9 Å². The standard InChI is InChI=1S/C12H14N2/c1-8-2-3-9(6-14-8)11-4-10-5-13-7-12(10)11/h2-4,6,10,12-13H,5,7H2,1H3. The van der Waals surface area contributed by atoms with Gasteiger partial charge in [-0.05, 0) is 30.0 Å². The monoisotopic (exact) mass is 186 g/mol. The zero-order valence-corrected chi connectivity index (χ0v) is 8.33. The Bertz CT molecular complexity index is 378. The summed E-state index contributed by atoms with van der Waals surface area (Å²) in [6.07, 6.45) is 4.38. The van der Waals surface area contributed by atoms with Crippen molar-refractivity contribution in [2.75, 3.05) is 13.1 Å². The van der Waals surface area contributed by atoms with Gasteiger partial charge in [0.25, 0.3) is 0 Å². The molecule has 2 aliphatic rings. The number of aryl methyl sites for hydroxylation is 1. The second kappa shape index (κ2) is 2.92. The molecule has 0 radical (unpaired) electrons. The van der Waals surface area contributed by atoms with Crippen LogP contribution in [-0.4, -0.2) is 18.1 Å². The maximum atomic E-state index is 4.33. The molecule has 0 saturated carbocycles. The summed E-state index contributed by atoms with van der Waals surface area (Å²) in [4.78, 5) is 4.33. The van der Waals surface area contributed by atoms with Gasteiger partial charge in [-0.1, -0.05) is 12.1 Å². The lowest BCUT2D eigenvalue weighted by molar-refractivity contribution is 0.564. The number of rotatable bonds is 1. The molecule has 0 bridgehead atoms. The first kappa shape index (κ1) is 8.18. The predicted molar refractivity (Wildman–Crippen MR) is 56.8 cm³/mol. The SMILES string of the molecule is Cc1ccc(C2=CC3CNCC23)cn1. The first-order chi connectivity index (χ1) is 6.84. The minimum Gasteiger partial charge on any atom is -0.315 e. The van der Waals surface area contributed by atoms with E-state index >= 15 is 0 Å². The molecule has 0 aromatic carbocycles. The number of aromatic nitrogens is 1. The minimum absolute atomic E-state index is 0.750. The largest absolute Gasteiger partial charge is 0.315 e. The Morgan fingerprint density at radius 2 is 2.29 bits per heavy atom. The van der Waals surface area contributed by atoms with Gasteiger partial charge in [0, 0.05) is 30.9 Å². The van der Waals surface area contributed by atoms with E-state index in [1.165, 1.54) is 11.1 Å². The number of hydrogen-bond acceptors (Lipinski definition) is 2. The third-order valence-electron chi connectivity index (χ3n) is 3.30. The summed E-state index contributed by atoms with van der Waals surface area (Å²) >= 11 is 0. The van der Waals surface area contributed by atoms with Crippen molar-refractivity contribution in [3.8, 4) is 0 Å². The smallest absolute Gasteiger partial charge is 0.0373 e. The molecular formula is C12H14N2. The lowest BCUT2D eigenvalue weighted by Crippen LogP contribution is -2.22. The molecule has 1 N–H and O–H groups in total. The van der Waals surface area contributed by atoms with Gasteiger partial charge < -0.3 is 5.32 Å². The van der Waals surface area contributed by atoms with Crippen molar-refractivity contribution in [1.29, 1.82) is 0 Å². The summed E-state index contributed by atoms with van der Waals surface area (Å²) in [6, 6.07) is 4.27. The highest BCUT2D eigenvalue weighted by molar-refractivity contribution is 5.73. The first-order valence-corrected chi connectivity index (χ1v) is 5.20. The van der Waals surface area contributed by atoms with Crippen LogP contribution in [0.4, 0.5) is 0 Å². The summed E-state index contributed by atoms with van der Waals surface area (Å²) in [5.41, 5.74) is 3.89. The molecule has 1 fully saturated rings. The molecule has 1 aliphatic heterocycles. The van der Waals surface area contributed by atoms with Crippen LogP contribution >= 0.6 is 0 Å².